The maximum absolute atomic E-state index is 12.0. The molecule has 0 unspecified atom stereocenters. The molecule has 1 aliphatic rings. The number of likely N-dealkylation sites (tertiary alicyclic amines) is 1. The molecule has 2 rings (SSSR count). The molecule has 0 bridgehead atoms. The van der Waals surface area contributed by atoms with Gasteiger partial charge >= 0.3 is 5.97 Å². The first-order valence-corrected chi connectivity index (χ1v) is 7.70. The Kier molecular flexibility index (Phi) is 4.83. The number of hydrogen-bond donors (Lipinski definition) is 1. The van der Waals surface area contributed by atoms with Crippen LogP contribution < -0.4 is 5.43 Å². The molecule has 1 saturated heterocycles. The van der Waals surface area contributed by atoms with Crippen LogP contribution >= 0.6 is 0 Å². The minimum atomic E-state index is -1.12. The number of carboxylic acid groups (broad SMARTS) is 1. The third-order valence-corrected chi connectivity index (χ3v) is 4.47. The van der Waals surface area contributed by atoms with Crippen molar-refractivity contribution in [1.29, 1.82) is 0 Å². The van der Waals surface area contributed by atoms with Crippen molar-refractivity contribution >= 4 is 5.97 Å². The lowest BCUT2D eigenvalue weighted by Crippen LogP contribution is -2.35. The van der Waals surface area contributed by atoms with Gasteiger partial charge in [-0.3, -0.25) is 9.69 Å². The molecule has 21 heavy (non-hydrogen) atoms. The average molecular weight is 292 g/mol. The van der Waals surface area contributed by atoms with Crippen LogP contribution in [0.25, 0.3) is 0 Å². The molecule has 2 heterocycles. The maximum atomic E-state index is 12.0. The molecule has 1 fully saturated rings. The van der Waals surface area contributed by atoms with Crippen LogP contribution in [-0.2, 0) is 13.0 Å². The van der Waals surface area contributed by atoms with Crippen molar-refractivity contribution in [3.05, 3.63) is 33.2 Å². The summed E-state index contributed by atoms with van der Waals surface area (Å²) in [4.78, 5) is 25.8. The van der Waals surface area contributed by atoms with Gasteiger partial charge in [0.15, 0.2) is 5.43 Å². The second-order valence-corrected chi connectivity index (χ2v) is 5.67. The molecule has 0 saturated carbocycles. The SMILES string of the molecule is CCc1c(C(=O)O)c(=O)cc(C)n1C[C@H]1CCCN1CC. The zero-order chi connectivity index (χ0) is 15.6. The predicted molar refractivity (Wildman–Crippen MR) is 82.0 cm³/mol. The summed E-state index contributed by atoms with van der Waals surface area (Å²) in [6.07, 6.45) is 2.87. The minimum Gasteiger partial charge on any atom is -0.477 e. The van der Waals surface area contributed by atoms with Gasteiger partial charge in [0.2, 0.25) is 0 Å². The molecule has 0 radical (unpaired) electrons. The number of aromatic carboxylic acids is 1. The van der Waals surface area contributed by atoms with Gasteiger partial charge < -0.3 is 9.67 Å². The van der Waals surface area contributed by atoms with Crippen LogP contribution in [0.2, 0.25) is 0 Å². The van der Waals surface area contributed by atoms with E-state index in [2.05, 4.69) is 11.8 Å². The molecule has 0 aliphatic carbocycles. The van der Waals surface area contributed by atoms with E-state index in [0.717, 1.165) is 31.7 Å². The highest BCUT2D eigenvalue weighted by molar-refractivity contribution is 5.88. The Morgan fingerprint density at radius 1 is 1.43 bits per heavy atom. The summed E-state index contributed by atoms with van der Waals surface area (Å²) in [6, 6.07) is 1.89. The van der Waals surface area contributed by atoms with E-state index in [1.165, 1.54) is 12.5 Å². The smallest absolute Gasteiger partial charge is 0.341 e. The van der Waals surface area contributed by atoms with Gasteiger partial charge in [0.1, 0.15) is 5.56 Å². The molecular weight excluding hydrogens is 268 g/mol. The summed E-state index contributed by atoms with van der Waals surface area (Å²) < 4.78 is 2.03. The van der Waals surface area contributed by atoms with Crippen LogP contribution in [0.1, 0.15) is 48.4 Å². The molecule has 0 amide bonds. The van der Waals surface area contributed by atoms with Gasteiger partial charge in [-0.05, 0) is 39.3 Å². The topological polar surface area (TPSA) is 62.5 Å². The number of likely N-dealkylation sites (N-methyl/N-ethyl adjacent to an activating group) is 1. The summed E-state index contributed by atoms with van der Waals surface area (Å²) in [5, 5.41) is 9.33. The van der Waals surface area contributed by atoms with Crippen LogP contribution in [0.15, 0.2) is 10.9 Å². The zero-order valence-electron chi connectivity index (χ0n) is 13.1. The monoisotopic (exact) mass is 292 g/mol. The van der Waals surface area contributed by atoms with E-state index in [1.807, 2.05) is 18.4 Å². The van der Waals surface area contributed by atoms with Gasteiger partial charge in [0.25, 0.3) is 0 Å². The van der Waals surface area contributed by atoms with Crippen molar-refractivity contribution in [2.24, 2.45) is 0 Å². The average Bonchev–Trinajstić information content (AvgIpc) is 2.87. The fourth-order valence-corrected chi connectivity index (χ4v) is 3.41. The summed E-state index contributed by atoms with van der Waals surface area (Å²) in [5.74, 6) is -1.12. The highest BCUT2D eigenvalue weighted by Gasteiger charge is 2.26. The van der Waals surface area contributed by atoms with Crippen LogP contribution in [0.3, 0.4) is 0 Å². The normalized spacial score (nSPS) is 19.1. The van der Waals surface area contributed by atoms with E-state index < -0.39 is 5.97 Å². The van der Waals surface area contributed by atoms with Crippen molar-refractivity contribution < 1.29 is 9.90 Å². The largest absolute Gasteiger partial charge is 0.477 e. The fraction of sp³-hybridized carbons (Fsp3) is 0.625. The molecule has 116 valence electrons. The lowest BCUT2D eigenvalue weighted by Gasteiger charge is -2.27. The Morgan fingerprint density at radius 2 is 2.14 bits per heavy atom. The zero-order valence-corrected chi connectivity index (χ0v) is 13.1. The number of carbonyl (C=O) groups is 1. The van der Waals surface area contributed by atoms with E-state index >= 15 is 0 Å². The fourth-order valence-electron chi connectivity index (χ4n) is 3.41. The number of aryl methyl sites for hydroxylation is 1. The van der Waals surface area contributed by atoms with Crippen LogP contribution in [-0.4, -0.2) is 39.7 Å². The molecule has 1 aliphatic heterocycles. The second kappa shape index (κ2) is 6.43. The number of hydrogen-bond acceptors (Lipinski definition) is 3. The highest BCUT2D eigenvalue weighted by atomic mass is 16.4. The van der Waals surface area contributed by atoms with Gasteiger partial charge in [-0.15, -0.1) is 0 Å². The molecular formula is C16H24N2O3. The lowest BCUT2D eigenvalue weighted by molar-refractivity contribution is 0.0692. The van der Waals surface area contributed by atoms with Gasteiger partial charge in [0, 0.05) is 30.0 Å². The summed E-state index contributed by atoms with van der Waals surface area (Å²) in [5.41, 5.74) is 1.05. The number of pyridine rings is 1. The molecule has 1 aromatic rings. The minimum absolute atomic E-state index is 0.0656. The van der Waals surface area contributed by atoms with E-state index in [9.17, 15) is 14.7 Å². The van der Waals surface area contributed by atoms with E-state index in [-0.39, 0.29) is 11.0 Å². The Hall–Kier alpha value is -1.62. The summed E-state index contributed by atoms with van der Waals surface area (Å²) in [7, 11) is 0. The molecule has 5 heteroatoms. The van der Waals surface area contributed by atoms with Crippen molar-refractivity contribution in [2.75, 3.05) is 13.1 Å². The standard InChI is InChI=1S/C16H24N2O3/c1-4-13-15(16(20)21)14(19)9-11(3)18(13)10-12-7-6-8-17(12)5-2/h9,12H,4-8,10H2,1-3H3,(H,20,21)/t12-/m1/s1. The van der Waals surface area contributed by atoms with Crippen molar-refractivity contribution in [1.82, 2.24) is 9.47 Å². The number of nitrogens with zero attached hydrogens (tertiary/aromatic N) is 2. The Morgan fingerprint density at radius 3 is 2.71 bits per heavy atom. The van der Waals surface area contributed by atoms with Crippen molar-refractivity contribution in [3.63, 3.8) is 0 Å². The van der Waals surface area contributed by atoms with E-state index in [0.29, 0.717) is 18.2 Å². The van der Waals surface area contributed by atoms with E-state index in [1.54, 1.807) is 0 Å². The number of rotatable bonds is 5. The quantitative estimate of drug-likeness (QED) is 0.900. The second-order valence-electron chi connectivity index (χ2n) is 5.67. The van der Waals surface area contributed by atoms with Gasteiger partial charge in [0.05, 0.1) is 0 Å². The van der Waals surface area contributed by atoms with E-state index in [4.69, 9.17) is 0 Å². The van der Waals surface area contributed by atoms with Crippen molar-refractivity contribution in [2.45, 2.75) is 52.6 Å². The van der Waals surface area contributed by atoms with Gasteiger partial charge in [-0.2, -0.15) is 0 Å². The molecule has 1 atom stereocenters. The van der Waals surface area contributed by atoms with Crippen LogP contribution in [0, 0.1) is 6.92 Å². The first-order chi connectivity index (χ1) is 9.99. The van der Waals surface area contributed by atoms with Gasteiger partial charge in [-0.1, -0.05) is 13.8 Å². The molecule has 0 aromatic carbocycles. The molecule has 0 spiro atoms. The molecule has 1 aromatic heterocycles. The summed E-state index contributed by atoms with van der Waals surface area (Å²) >= 11 is 0. The molecule has 5 nitrogen and oxygen atoms in total. The van der Waals surface area contributed by atoms with Crippen molar-refractivity contribution in [3.8, 4) is 0 Å². The van der Waals surface area contributed by atoms with Crippen LogP contribution in [0.5, 0.6) is 0 Å². The predicted octanol–water partition coefficient (Wildman–Crippen LogP) is 1.90. The third kappa shape index (κ3) is 3.02. The lowest BCUT2D eigenvalue weighted by atomic mass is 10.1. The van der Waals surface area contributed by atoms with Gasteiger partial charge in [-0.25, -0.2) is 4.79 Å². The number of carboxylic acids is 1. The first-order valence-electron chi connectivity index (χ1n) is 7.70. The Balaban J connectivity index is 2.45. The number of aromatic nitrogens is 1. The Labute approximate surface area is 125 Å². The third-order valence-electron chi connectivity index (χ3n) is 4.47. The first kappa shape index (κ1) is 15.8. The summed E-state index contributed by atoms with van der Waals surface area (Å²) in [6.45, 7) is 8.83. The maximum Gasteiger partial charge on any atom is 0.341 e. The highest BCUT2D eigenvalue weighted by Crippen LogP contribution is 2.20. The Bertz CT molecular complexity index is 592. The molecule has 1 N–H and O–H groups in total. The van der Waals surface area contributed by atoms with Crippen LogP contribution in [0.4, 0.5) is 0 Å².